The van der Waals surface area contributed by atoms with E-state index in [1.165, 1.54) is 0 Å². The Hall–Kier alpha value is -2.71. The minimum Gasteiger partial charge on any atom is -0.338 e. The summed E-state index contributed by atoms with van der Waals surface area (Å²) < 4.78 is 4.04. The number of aromatic nitrogens is 5. The monoisotopic (exact) mass is 427 g/mol. The summed E-state index contributed by atoms with van der Waals surface area (Å²) in [5.41, 5.74) is 2.40. The van der Waals surface area contributed by atoms with Gasteiger partial charge in [-0.3, -0.25) is 4.79 Å². The Morgan fingerprint density at radius 2 is 1.87 bits per heavy atom. The van der Waals surface area contributed by atoms with E-state index in [9.17, 15) is 4.79 Å². The van der Waals surface area contributed by atoms with Crippen molar-refractivity contribution in [1.82, 2.24) is 34.8 Å². The molecule has 5 rings (SSSR count). The molecule has 0 atom stereocenters. The quantitative estimate of drug-likeness (QED) is 0.693. The standard InChI is InChI=1S/C21H25N7O.ClH/c1-15-18(14-28(25-15)17-5-3-2-4-6-17)21(29)26-10-7-16(8-11-26)20-24-23-19-13-22-9-12-27(19)20;/h2-6,14,16,22H,7-13H2,1H3;1H. The molecule has 3 aromatic rings. The molecule has 30 heavy (non-hydrogen) atoms. The van der Waals surface area contributed by atoms with Crippen molar-refractivity contribution in [3.63, 3.8) is 0 Å². The van der Waals surface area contributed by atoms with E-state index in [-0.39, 0.29) is 18.3 Å². The second-order valence-electron chi connectivity index (χ2n) is 7.78. The second kappa shape index (κ2) is 8.57. The van der Waals surface area contributed by atoms with Crippen LogP contribution >= 0.6 is 12.4 Å². The number of nitrogens with zero attached hydrogens (tertiary/aromatic N) is 6. The molecule has 1 amide bonds. The highest BCUT2D eigenvalue weighted by atomic mass is 35.5. The molecule has 8 nitrogen and oxygen atoms in total. The molecular formula is C21H26ClN7O. The van der Waals surface area contributed by atoms with Gasteiger partial charge in [-0.25, -0.2) is 4.68 Å². The Labute approximate surface area is 181 Å². The van der Waals surface area contributed by atoms with E-state index < -0.39 is 0 Å². The van der Waals surface area contributed by atoms with Crippen molar-refractivity contribution in [2.45, 2.75) is 38.8 Å². The lowest BCUT2D eigenvalue weighted by Crippen LogP contribution is -2.39. The summed E-state index contributed by atoms with van der Waals surface area (Å²) in [4.78, 5) is 15.1. The van der Waals surface area contributed by atoms with E-state index in [0.29, 0.717) is 11.5 Å². The van der Waals surface area contributed by atoms with Gasteiger partial charge in [0.25, 0.3) is 5.91 Å². The van der Waals surface area contributed by atoms with E-state index >= 15 is 0 Å². The summed E-state index contributed by atoms with van der Waals surface area (Å²) in [7, 11) is 0. The first-order valence-corrected chi connectivity index (χ1v) is 10.2. The highest BCUT2D eigenvalue weighted by Gasteiger charge is 2.30. The van der Waals surface area contributed by atoms with Gasteiger partial charge in [-0.2, -0.15) is 5.10 Å². The van der Waals surface area contributed by atoms with Gasteiger partial charge in [-0.1, -0.05) is 18.2 Å². The Morgan fingerprint density at radius 3 is 2.63 bits per heavy atom. The van der Waals surface area contributed by atoms with Crippen LogP contribution in [0.3, 0.4) is 0 Å². The number of fused-ring (bicyclic) bond motifs is 1. The largest absolute Gasteiger partial charge is 0.338 e. The molecular weight excluding hydrogens is 402 g/mol. The predicted molar refractivity (Wildman–Crippen MR) is 115 cm³/mol. The maximum Gasteiger partial charge on any atom is 0.257 e. The first kappa shape index (κ1) is 20.6. The molecule has 0 aliphatic carbocycles. The van der Waals surface area contributed by atoms with Crippen LogP contribution in [-0.2, 0) is 13.1 Å². The highest BCUT2D eigenvalue weighted by Crippen LogP contribution is 2.29. The Balaban J connectivity index is 0.00000218. The zero-order valence-electron chi connectivity index (χ0n) is 17.0. The van der Waals surface area contributed by atoms with Crippen molar-refractivity contribution in [2.75, 3.05) is 19.6 Å². The van der Waals surface area contributed by atoms with Crippen LogP contribution in [0.5, 0.6) is 0 Å². The molecule has 0 spiro atoms. The average molecular weight is 428 g/mol. The Bertz CT molecular complexity index is 1020. The van der Waals surface area contributed by atoms with Gasteiger partial charge < -0.3 is 14.8 Å². The van der Waals surface area contributed by atoms with Crippen LogP contribution in [0.4, 0.5) is 0 Å². The summed E-state index contributed by atoms with van der Waals surface area (Å²) in [5.74, 6) is 2.54. The number of likely N-dealkylation sites (tertiary alicyclic amines) is 1. The van der Waals surface area contributed by atoms with Crippen LogP contribution in [0.15, 0.2) is 36.5 Å². The van der Waals surface area contributed by atoms with E-state index in [0.717, 1.165) is 68.6 Å². The summed E-state index contributed by atoms with van der Waals surface area (Å²) in [6.07, 6.45) is 3.69. The number of aryl methyl sites for hydroxylation is 1. The molecule has 0 unspecified atom stereocenters. The van der Waals surface area contributed by atoms with Gasteiger partial charge in [0.15, 0.2) is 0 Å². The summed E-state index contributed by atoms with van der Waals surface area (Å²) in [5, 5.41) is 16.7. The van der Waals surface area contributed by atoms with Crippen molar-refractivity contribution in [2.24, 2.45) is 0 Å². The SMILES string of the molecule is Cc1nn(-c2ccccc2)cc1C(=O)N1CCC(c2nnc3n2CCNC3)CC1.Cl. The minimum atomic E-state index is 0. The molecule has 1 aromatic carbocycles. The van der Waals surface area contributed by atoms with Gasteiger partial charge in [0.05, 0.1) is 23.5 Å². The summed E-state index contributed by atoms with van der Waals surface area (Å²) >= 11 is 0. The molecule has 2 aromatic heterocycles. The molecule has 0 radical (unpaired) electrons. The number of hydrogen-bond acceptors (Lipinski definition) is 5. The van der Waals surface area contributed by atoms with Gasteiger partial charge >= 0.3 is 0 Å². The number of hydrogen-bond donors (Lipinski definition) is 1. The lowest BCUT2D eigenvalue weighted by Gasteiger charge is -2.32. The lowest BCUT2D eigenvalue weighted by molar-refractivity contribution is 0.0709. The van der Waals surface area contributed by atoms with Crippen molar-refractivity contribution >= 4 is 18.3 Å². The number of para-hydroxylation sites is 1. The van der Waals surface area contributed by atoms with Gasteiger partial charge in [0.2, 0.25) is 0 Å². The maximum atomic E-state index is 13.1. The van der Waals surface area contributed by atoms with Crippen LogP contribution in [-0.4, -0.2) is 55.0 Å². The molecule has 0 bridgehead atoms. The third-order valence-electron chi connectivity index (χ3n) is 5.95. The number of piperidine rings is 1. The van der Waals surface area contributed by atoms with Crippen molar-refractivity contribution in [1.29, 1.82) is 0 Å². The van der Waals surface area contributed by atoms with Gasteiger partial charge in [-0.05, 0) is 31.9 Å². The first-order valence-electron chi connectivity index (χ1n) is 10.2. The minimum absolute atomic E-state index is 0. The third kappa shape index (κ3) is 3.73. The van der Waals surface area contributed by atoms with Crippen LogP contribution in [0, 0.1) is 6.92 Å². The van der Waals surface area contributed by atoms with Crippen LogP contribution < -0.4 is 5.32 Å². The average Bonchev–Trinajstić information content (AvgIpc) is 3.38. The molecule has 4 heterocycles. The number of carbonyl (C=O) groups is 1. The number of benzene rings is 1. The maximum absolute atomic E-state index is 13.1. The molecule has 1 saturated heterocycles. The molecule has 1 N–H and O–H groups in total. The molecule has 1 fully saturated rings. The van der Waals surface area contributed by atoms with Crippen molar-refractivity contribution in [3.8, 4) is 5.69 Å². The third-order valence-corrected chi connectivity index (χ3v) is 5.95. The van der Waals surface area contributed by atoms with Gasteiger partial charge in [-0.15, -0.1) is 22.6 Å². The number of halogens is 1. The predicted octanol–water partition coefficient (Wildman–Crippen LogP) is 2.32. The zero-order valence-corrected chi connectivity index (χ0v) is 17.8. The molecule has 2 aliphatic rings. The van der Waals surface area contributed by atoms with E-state index in [1.807, 2.05) is 48.4 Å². The number of nitrogens with one attached hydrogen (secondary N) is 1. The van der Waals surface area contributed by atoms with Gasteiger partial charge in [0, 0.05) is 38.3 Å². The fourth-order valence-corrected chi connectivity index (χ4v) is 4.31. The molecule has 158 valence electrons. The Morgan fingerprint density at radius 1 is 1.10 bits per heavy atom. The topological polar surface area (TPSA) is 80.9 Å². The zero-order chi connectivity index (χ0) is 19.8. The van der Waals surface area contributed by atoms with E-state index in [4.69, 9.17) is 0 Å². The van der Waals surface area contributed by atoms with Crippen LogP contribution in [0.2, 0.25) is 0 Å². The number of carbonyl (C=O) groups excluding carboxylic acids is 1. The molecule has 0 saturated carbocycles. The summed E-state index contributed by atoms with van der Waals surface area (Å²) in [6.45, 7) is 6.04. The Kier molecular flexibility index (Phi) is 5.87. The van der Waals surface area contributed by atoms with Crippen molar-refractivity contribution in [3.05, 3.63) is 59.4 Å². The fraction of sp³-hybridized carbons (Fsp3) is 0.429. The number of amides is 1. The lowest BCUT2D eigenvalue weighted by atomic mass is 9.95. The second-order valence-corrected chi connectivity index (χ2v) is 7.78. The summed E-state index contributed by atoms with van der Waals surface area (Å²) in [6, 6.07) is 9.89. The molecule has 9 heteroatoms. The smallest absolute Gasteiger partial charge is 0.257 e. The fourth-order valence-electron chi connectivity index (χ4n) is 4.31. The molecule has 2 aliphatic heterocycles. The van der Waals surface area contributed by atoms with Crippen molar-refractivity contribution < 1.29 is 4.79 Å². The van der Waals surface area contributed by atoms with Gasteiger partial charge in [0.1, 0.15) is 11.6 Å². The van der Waals surface area contributed by atoms with E-state index in [2.05, 4.69) is 25.2 Å². The van der Waals surface area contributed by atoms with E-state index in [1.54, 1.807) is 4.68 Å². The van der Waals surface area contributed by atoms with Crippen LogP contribution in [0.25, 0.3) is 5.69 Å². The normalized spacial score (nSPS) is 16.8. The highest BCUT2D eigenvalue weighted by molar-refractivity contribution is 5.95. The first-order chi connectivity index (χ1) is 14.2. The van der Waals surface area contributed by atoms with Crippen LogP contribution in [0.1, 0.15) is 46.5 Å². The number of rotatable bonds is 3.